The minimum atomic E-state index is 0.680. The van der Waals surface area contributed by atoms with Crippen molar-refractivity contribution in [2.24, 2.45) is 7.05 Å². The highest BCUT2D eigenvalue weighted by atomic mass is 32.1. The Morgan fingerprint density at radius 1 is 1.21 bits per heavy atom. The largest absolute Gasteiger partial charge is 0.494 e. The Morgan fingerprint density at radius 2 is 1.92 bits per heavy atom. The molecule has 1 fully saturated rings. The van der Waals surface area contributed by atoms with Gasteiger partial charge in [-0.3, -0.25) is 4.90 Å². The highest BCUT2D eigenvalue weighted by Gasteiger charge is 2.14. The lowest BCUT2D eigenvalue weighted by molar-refractivity contribution is 0.0209. The van der Waals surface area contributed by atoms with Crippen molar-refractivity contribution in [2.75, 3.05) is 32.9 Å². The third-order valence-electron chi connectivity index (χ3n) is 4.17. The van der Waals surface area contributed by atoms with E-state index in [1.165, 1.54) is 5.56 Å². The molecule has 0 aliphatic carbocycles. The van der Waals surface area contributed by atoms with Crippen molar-refractivity contribution >= 4 is 12.2 Å². The van der Waals surface area contributed by atoms with Gasteiger partial charge >= 0.3 is 0 Å². The van der Waals surface area contributed by atoms with Crippen molar-refractivity contribution in [1.82, 2.24) is 19.2 Å². The summed E-state index contributed by atoms with van der Waals surface area (Å²) in [6, 6.07) is 8.15. The molecule has 0 unspecified atom stereocenters. The Labute approximate surface area is 147 Å². The van der Waals surface area contributed by atoms with E-state index < -0.39 is 0 Å². The summed E-state index contributed by atoms with van der Waals surface area (Å²) in [6.07, 6.45) is 0.753. The highest BCUT2D eigenvalue weighted by molar-refractivity contribution is 7.71. The molecule has 3 rings (SSSR count). The zero-order valence-electron chi connectivity index (χ0n) is 14.3. The third kappa shape index (κ3) is 4.03. The van der Waals surface area contributed by atoms with Crippen LogP contribution in [0.4, 0.5) is 0 Å². The third-order valence-corrected chi connectivity index (χ3v) is 4.65. The van der Waals surface area contributed by atoms with Gasteiger partial charge in [0.15, 0.2) is 4.77 Å². The molecule has 0 spiro atoms. The summed E-state index contributed by atoms with van der Waals surface area (Å²) < 4.78 is 15.5. The van der Waals surface area contributed by atoms with Gasteiger partial charge in [-0.1, -0.05) is 12.1 Å². The number of aromatic nitrogens is 3. The van der Waals surface area contributed by atoms with Gasteiger partial charge in [0.05, 0.1) is 26.5 Å². The molecule has 1 aliphatic rings. The first-order valence-corrected chi connectivity index (χ1v) is 8.72. The molecule has 1 aromatic carbocycles. The lowest BCUT2D eigenvalue weighted by Gasteiger charge is -2.26. The number of nitrogens with zero attached hydrogens (tertiary/aromatic N) is 4. The fraction of sp³-hybridized carbons (Fsp3) is 0.529. The van der Waals surface area contributed by atoms with Gasteiger partial charge in [0, 0.05) is 26.6 Å². The molecule has 0 radical (unpaired) electrons. The Kier molecular flexibility index (Phi) is 5.65. The van der Waals surface area contributed by atoms with Crippen LogP contribution in [-0.4, -0.2) is 52.2 Å². The first kappa shape index (κ1) is 17.1. The second kappa shape index (κ2) is 7.92. The SMILES string of the molecule is CCOc1ccc(Cc2nn(CN3CCOCC3)c(=S)n2C)cc1. The lowest BCUT2D eigenvalue weighted by atomic mass is 10.1. The summed E-state index contributed by atoms with van der Waals surface area (Å²) >= 11 is 5.54. The van der Waals surface area contributed by atoms with Gasteiger partial charge in [0.1, 0.15) is 11.6 Å². The van der Waals surface area contributed by atoms with E-state index in [9.17, 15) is 0 Å². The van der Waals surface area contributed by atoms with E-state index >= 15 is 0 Å². The van der Waals surface area contributed by atoms with Gasteiger partial charge in [-0.15, -0.1) is 0 Å². The fourth-order valence-electron chi connectivity index (χ4n) is 2.76. The molecule has 0 atom stereocenters. The number of hydrogen-bond donors (Lipinski definition) is 0. The van der Waals surface area contributed by atoms with Crippen LogP contribution in [-0.2, 0) is 24.9 Å². The Hall–Kier alpha value is -1.70. The van der Waals surface area contributed by atoms with Crippen molar-refractivity contribution < 1.29 is 9.47 Å². The Bertz CT molecular complexity index is 717. The molecule has 2 heterocycles. The minimum absolute atomic E-state index is 0.680. The van der Waals surface area contributed by atoms with Crippen LogP contribution < -0.4 is 4.74 Å². The molecule has 2 aromatic rings. The van der Waals surface area contributed by atoms with E-state index in [0.29, 0.717) is 6.61 Å². The molecule has 130 valence electrons. The monoisotopic (exact) mass is 348 g/mol. The maximum atomic E-state index is 5.54. The molecule has 1 aromatic heterocycles. The zero-order chi connectivity index (χ0) is 16.9. The van der Waals surface area contributed by atoms with Crippen LogP contribution in [0.2, 0.25) is 0 Å². The summed E-state index contributed by atoms with van der Waals surface area (Å²) in [5.74, 6) is 1.87. The maximum absolute atomic E-state index is 5.54. The molecule has 0 saturated carbocycles. The Balaban J connectivity index is 1.71. The van der Waals surface area contributed by atoms with Crippen LogP contribution in [0.5, 0.6) is 5.75 Å². The lowest BCUT2D eigenvalue weighted by Crippen LogP contribution is -2.37. The molecule has 0 amide bonds. The second-order valence-electron chi connectivity index (χ2n) is 5.88. The zero-order valence-corrected chi connectivity index (χ0v) is 15.1. The van der Waals surface area contributed by atoms with E-state index in [2.05, 4.69) is 17.0 Å². The van der Waals surface area contributed by atoms with E-state index in [4.69, 9.17) is 26.8 Å². The van der Waals surface area contributed by atoms with Gasteiger partial charge in [-0.05, 0) is 36.8 Å². The normalized spacial score (nSPS) is 15.6. The molecular formula is C17H24N4O2S. The van der Waals surface area contributed by atoms with Crippen LogP contribution in [0.25, 0.3) is 0 Å². The van der Waals surface area contributed by atoms with E-state index in [0.717, 1.165) is 55.7 Å². The first-order valence-electron chi connectivity index (χ1n) is 8.32. The number of ether oxygens (including phenoxy) is 2. The second-order valence-corrected chi connectivity index (χ2v) is 6.25. The van der Waals surface area contributed by atoms with Crippen LogP contribution in [0, 0.1) is 4.77 Å². The quantitative estimate of drug-likeness (QED) is 0.749. The van der Waals surface area contributed by atoms with Crippen molar-refractivity contribution in [3.63, 3.8) is 0 Å². The molecule has 1 aliphatic heterocycles. The van der Waals surface area contributed by atoms with Gasteiger partial charge < -0.3 is 14.0 Å². The average molecular weight is 348 g/mol. The first-order chi connectivity index (χ1) is 11.7. The van der Waals surface area contributed by atoms with E-state index in [-0.39, 0.29) is 0 Å². The predicted octanol–water partition coefficient (Wildman–Crippen LogP) is 2.23. The minimum Gasteiger partial charge on any atom is -0.494 e. The molecular weight excluding hydrogens is 324 g/mol. The van der Waals surface area contributed by atoms with Crippen LogP contribution in [0.1, 0.15) is 18.3 Å². The standard InChI is InChI=1S/C17H24N4O2S/c1-3-23-15-6-4-14(5-7-15)12-16-18-21(17(24)19(16)2)13-20-8-10-22-11-9-20/h4-7H,3,8-13H2,1-2H3. The summed E-state index contributed by atoms with van der Waals surface area (Å²) in [7, 11) is 1.98. The molecule has 6 nitrogen and oxygen atoms in total. The van der Waals surface area contributed by atoms with Crippen molar-refractivity contribution in [3.8, 4) is 5.75 Å². The summed E-state index contributed by atoms with van der Waals surface area (Å²) in [6.45, 7) is 6.79. The van der Waals surface area contributed by atoms with Crippen molar-refractivity contribution in [1.29, 1.82) is 0 Å². The van der Waals surface area contributed by atoms with E-state index in [1.807, 2.05) is 35.4 Å². The molecule has 0 bridgehead atoms. The van der Waals surface area contributed by atoms with Crippen molar-refractivity contribution in [3.05, 3.63) is 40.4 Å². The topological polar surface area (TPSA) is 44.4 Å². The fourth-order valence-corrected chi connectivity index (χ4v) is 2.97. The predicted molar refractivity (Wildman–Crippen MR) is 94.8 cm³/mol. The van der Waals surface area contributed by atoms with Gasteiger partial charge in [-0.2, -0.15) is 5.10 Å². The van der Waals surface area contributed by atoms with Crippen LogP contribution >= 0.6 is 12.2 Å². The smallest absolute Gasteiger partial charge is 0.198 e. The number of rotatable bonds is 6. The van der Waals surface area contributed by atoms with Gasteiger partial charge in [0.25, 0.3) is 0 Å². The van der Waals surface area contributed by atoms with Gasteiger partial charge in [0.2, 0.25) is 0 Å². The molecule has 7 heteroatoms. The average Bonchev–Trinajstić information content (AvgIpc) is 2.86. The highest BCUT2D eigenvalue weighted by Crippen LogP contribution is 2.15. The number of morpholine rings is 1. The molecule has 1 saturated heterocycles. The summed E-state index contributed by atoms with van der Waals surface area (Å²) in [5, 5.41) is 4.72. The van der Waals surface area contributed by atoms with E-state index in [1.54, 1.807) is 0 Å². The molecule has 0 N–H and O–H groups in total. The maximum Gasteiger partial charge on any atom is 0.198 e. The Morgan fingerprint density at radius 3 is 2.58 bits per heavy atom. The van der Waals surface area contributed by atoms with Crippen LogP contribution in [0.3, 0.4) is 0 Å². The van der Waals surface area contributed by atoms with Crippen LogP contribution in [0.15, 0.2) is 24.3 Å². The summed E-state index contributed by atoms with van der Waals surface area (Å²) in [5.41, 5.74) is 1.19. The van der Waals surface area contributed by atoms with Gasteiger partial charge in [-0.25, -0.2) is 4.68 Å². The number of benzene rings is 1. The van der Waals surface area contributed by atoms with Crippen molar-refractivity contribution in [2.45, 2.75) is 20.0 Å². The summed E-state index contributed by atoms with van der Waals surface area (Å²) in [4.78, 5) is 2.31. The number of hydrogen-bond acceptors (Lipinski definition) is 5. The molecule has 24 heavy (non-hydrogen) atoms.